The van der Waals surface area contributed by atoms with E-state index in [0.29, 0.717) is 37.9 Å². The zero-order chi connectivity index (χ0) is 23.4. The number of anilines is 1. The van der Waals surface area contributed by atoms with E-state index < -0.39 is 23.8 Å². The highest BCUT2D eigenvalue weighted by Crippen LogP contribution is 2.32. The highest BCUT2D eigenvalue weighted by molar-refractivity contribution is 6.08. The maximum atomic E-state index is 13.2. The van der Waals surface area contributed by atoms with Gasteiger partial charge in [-0.1, -0.05) is 12.1 Å². The Bertz CT molecular complexity index is 1020. The van der Waals surface area contributed by atoms with Crippen molar-refractivity contribution in [3.8, 4) is 5.75 Å². The van der Waals surface area contributed by atoms with E-state index in [9.17, 15) is 14.0 Å². The van der Waals surface area contributed by atoms with Gasteiger partial charge in [0.25, 0.3) is 0 Å². The van der Waals surface area contributed by atoms with Gasteiger partial charge < -0.3 is 19.3 Å². The molecule has 0 unspecified atom stereocenters. The number of carbonyl (C=O) groups excluding carboxylic acids is 2. The minimum atomic E-state index is -1.07. The Hall–Kier alpha value is -3.62. The molecule has 2 atom stereocenters. The first kappa shape index (κ1) is 22.6. The summed E-state index contributed by atoms with van der Waals surface area (Å²) in [6.07, 6.45) is 0. The van der Waals surface area contributed by atoms with Gasteiger partial charge in [-0.15, -0.1) is 0 Å². The summed E-state index contributed by atoms with van der Waals surface area (Å²) in [5.74, 6) is -1.24. The number of esters is 1. The van der Waals surface area contributed by atoms with Gasteiger partial charge in [0.05, 0.1) is 13.7 Å². The Morgan fingerprint density at radius 2 is 1.70 bits per heavy atom. The van der Waals surface area contributed by atoms with Crippen molar-refractivity contribution in [3.63, 3.8) is 0 Å². The van der Waals surface area contributed by atoms with E-state index >= 15 is 0 Å². The number of rotatable bonds is 5. The van der Waals surface area contributed by atoms with Crippen molar-refractivity contribution in [1.82, 2.24) is 10.2 Å². The van der Waals surface area contributed by atoms with Crippen molar-refractivity contribution in [2.24, 2.45) is 10.9 Å². The lowest BCUT2D eigenvalue weighted by Crippen LogP contribution is -2.57. The lowest BCUT2D eigenvalue weighted by Gasteiger charge is -2.39. The summed E-state index contributed by atoms with van der Waals surface area (Å²) >= 11 is 0. The molecule has 0 aliphatic carbocycles. The summed E-state index contributed by atoms with van der Waals surface area (Å²) < 4.78 is 23.6. The third kappa shape index (κ3) is 4.92. The molecule has 2 aliphatic heterocycles. The summed E-state index contributed by atoms with van der Waals surface area (Å²) in [4.78, 5) is 34.5. The van der Waals surface area contributed by atoms with Crippen LogP contribution in [0.25, 0.3) is 0 Å². The number of methoxy groups -OCH3 is 1. The lowest BCUT2D eigenvalue weighted by atomic mass is 9.91. The van der Waals surface area contributed by atoms with Crippen LogP contribution >= 0.6 is 0 Å². The molecule has 9 heteroatoms. The van der Waals surface area contributed by atoms with Crippen molar-refractivity contribution in [2.45, 2.75) is 13.0 Å². The Kier molecular flexibility index (Phi) is 6.76. The molecule has 1 N–H and O–H groups in total. The standard InChI is InChI=1S/C24H27FN4O4/c1-3-33-23(31)20-21(16-4-10-19(32-2)11-5-16)26-24(27-22(20)30)29-14-12-28(13-15-29)18-8-6-17(25)7-9-18/h4-11,20-21H,3,12-15H2,1-2H3,(H,26,27,30)/t20-,21+/m1/s1. The molecule has 0 spiro atoms. The lowest BCUT2D eigenvalue weighted by molar-refractivity contribution is -0.153. The molecule has 0 saturated carbocycles. The van der Waals surface area contributed by atoms with Crippen molar-refractivity contribution in [3.05, 3.63) is 59.9 Å². The number of nitrogens with zero attached hydrogens (tertiary/aromatic N) is 3. The normalized spacial score (nSPS) is 20.7. The second kappa shape index (κ2) is 9.89. The van der Waals surface area contributed by atoms with E-state index in [0.717, 1.165) is 11.3 Å². The quantitative estimate of drug-likeness (QED) is 0.552. The molecule has 174 valence electrons. The van der Waals surface area contributed by atoms with Gasteiger partial charge in [0.2, 0.25) is 11.9 Å². The van der Waals surface area contributed by atoms with Gasteiger partial charge in [-0.2, -0.15) is 0 Å². The largest absolute Gasteiger partial charge is 0.497 e. The van der Waals surface area contributed by atoms with E-state index in [4.69, 9.17) is 14.5 Å². The Labute approximate surface area is 192 Å². The first-order chi connectivity index (χ1) is 16.0. The molecular weight excluding hydrogens is 427 g/mol. The molecule has 33 heavy (non-hydrogen) atoms. The van der Waals surface area contributed by atoms with Gasteiger partial charge in [0.1, 0.15) is 17.6 Å². The van der Waals surface area contributed by atoms with Gasteiger partial charge in [0.15, 0.2) is 5.92 Å². The number of amides is 1. The molecule has 4 rings (SSSR count). The van der Waals surface area contributed by atoms with Crippen LogP contribution in [0.1, 0.15) is 18.5 Å². The van der Waals surface area contributed by atoms with Crippen LogP contribution in [0, 0.1) is 11.7 Å². The number of nitrogens with one attached hydrogen (secondary N) is 1. The van der Waals surface area contributed by atoms with Crippen LogP contribution in [0.15, 0.2) is 53.5 Å². The van der Waals surface area contributed by atoms with Gasteiger partial charge in [0, 0.05) is 31.9 Å². The fourth-order valence-electron chi connectivity index (χ4n) is 4.09. The summed E-state index contributed by atoms with van der Waals surface area (Å²) in [6.45, 7) is 4.51. The van der Waals surface area contributed by atoms with E-state index in [1.807, 2.05) is 17.0 Å². The number of aliphatic imine (C=N–C) groups is 1. The summed E-state index contributed by atoms with van der Waals surface area (Å²) in [7, 11) is 1.58. The highest BCUT2D eigenvalue weighted by Gasteiger charge is 2.42. The smallest absolute Gasteiger partial charge is 0.321 e. The van der Waals surface area contributed by atoms with E-state index in [-0.39, 0.29) is 12.4 Å². The molecule has 2 aromatic rings. The van der Waals surface area contributed by atoms with Crippen molar-refractivity contribution in [2.75, 3.05) is 44.8 Å². The Balaban J connectivity index is 1.55. The van der Waals surface area contributed by atoms with Crippen LogP contribution in [0.2, 0.25) is 0 Å². The number of hydrogen-bond donors (Lipinski definition) is 1. The SMILES string of the molecule is CCOC(=O)[C@H]1C(=O)NC(N2CCN(c3ccc(F)cc3)CC2)=N[C@H]1c1ccc(OC)cc1. The van der Waals surface area contributed by atoms with Crippen LogP contribution in [0.4, 0.5) is 10.1 Å². The molecule has 1 amide bonds. The number of ether oxygens (including phenoxy) is 2. The minimum absolute atomic E-state index is 0.180. The van der Waals surface area contributed by atoms with Crippen molar-refractivity contribution in [1.29, 1.82) is 0 Å². The highest BCUT2D eigenvalue weighted by atomic mass is 19.1. The van der Waals surface area contributed by atoms with Gasteiger partial charge in [-0.25, -0.2) is 9.38 Å². The third-order valence-corrected chi connectivity index (χ3v) is 5.86. The average Bonchev–Trinajstić information content (AvgIpc) is 2.84. The maximum absolute atomic E-state index is 13.2. The number of hydrogen-bond acceptors (Lipinski definition) is 7. The van der Waals surface area contributed by atoms with E-state index in [2.05, 4.69) is 10.2 Å². The Morgan fingerprint density at radius 1 is 1.06 bits per heavy atom. The molecule has 2 heterocycles. The summed E-state index contributed by atoms with van der Waals surface area (Å²) in [5, 5.41) is 2.80. The van der Waals surface area contributed by atoms with Crippen LogP contribution in [0.5, 0.6) is 5.75 Å². The first-order valence-corrected chi connectivity index (χ1v) is 10.9. The number of benzene rings is 2. The van der Waals surface area contributed by atoms with Gasteiger partial charge >= 0.3 is 5.97 Å². The van der Waals surface area contributed by atoms with Gasteiger partial charge in [-0.3, -0.25) is 14.9 Å². The topological polar surface area (TPSA) is 83.5 Å². The molecule has 2 aromatic carbocycles. The predicted molar refractivity (Wildman–Crippen MR) is 122 cm³/mol. The second-order valence-electron chi connectivity index (χ2n) is 7.84. The van der Waals surface area contributed by atoms with Crippen LogP contribution < -0.4 is 15.0 Å². The molecule has 2 aliphatic rings. The zero-order valence-electron chi connectivity index (χ0n) is 18.7. The summed E-state index contributed by atoms with van der Waals surface area (Å²) in [6, 6.07) is 12.9. The fourth-order valence-corrected chi connectivity index (χ4v) is 4.09. The zero-order valence-corrected chi connectivity index (χ0v) is 18.7. The monoisotopic (exact) mass is 454 g/mol. The average molecular weight is 455 g/mol. The van der Waals surface area contributed by atoms with E-state index in [1.54, 1.807) is 38.3 Å². The molecule has 8 nitrogen and oxygen atoms in total. The van der Waals surface area contributed by atoms with Crippen LogP contribution in [0.3, 0.4) is 0 Å². The molecule has 1 saturated heterocycles. The van der Waals surface area contributed by atoms with Crippen LogP contribution in [-0.4, -0.2) is 62.6 Å². The number of carbonyl (C=O) groups is 2. The Morgan fingerprint density at radius 3 is 2.30 bits per heavy atom. The molecule has 0 aromatic heterocycles. The van der Waals surface area contributed by atoms with Crippen LogP contribution in [-0.2, 0) is 14.3 Å². The molecule has 0 bridgehead atoms. The molecule has 1 fully saturated rings. The number of guanidine groups is 1. The predicted octanol–water partition coefficient (Wildman–Crippen LogP) is 2.36. The fraction of sp³-hybridized carbons (Fsp3) is 0.375. The summed E-state index contributed by atoms with van der Waals surface area (Å²) in [5.41, 5.74) is 1.68. The van der Waals surface area contributed by atoms with Crippen molar-refractivity contribution >= 4 is 23.5 Å². The molecule has 0 radical (unpaired) electrons. The van der Waals surface area contributed by atoms with Crippen molar-refractivity contribution < 1.29 is 23.5 Å². The first-order valence-electron chi connectivity index (χ1n) is 10.9. The maximum Gasteiger partial charge on any atom is 0.321 e. The van der Waals surface area contributed by atoms with Gasteiger partial charge in [-0.05, 0) is 48.9 Å². The number of piperazine rings is 1. The molecular formula is C24H27FN4O4. The second-order valence-corrected chi connectivity index (χ2v) is 7.84. The minimum Gasteiger partial charge on any atom is -0.497 e. The van der Waals surface area contributed by atoms with E-state index in [1.165, 1.54) is 12.1 Å². The number of halogens is 1. The third-order valence-electron chi connectivity index (χ3n) is 5.86.